The van der Waals surface area contributed by atoms with E-state index in [1.54, 1.807) is 11.8 Å². The van der Waals surface area contributed by atoms with Crippen molar-refractivity contribution in [2.75, 3.05) is 0 Å². The van der Waals surface area contributed by atoms with Crippen molar-refractivity contribution in [1.29, 1.82) is 0 Å². The van der Waals surface area contributed by atoms with Gasteiger partial charge < -0.3 is 14.9 Å². The maximum atomic E-state index is 5.69. The van der Waals surface area contributed by atoms with Crippen LogP contribution >= 0.6 is 31.0 Å². The second-order valence-electron chi connectivity index (χ2n) is 1.72. The van der Waals surface area contributed by atoms with E-state index in [4.69, 9.17) is 19.3 Å². The van der Waals surface area contributed by atoms with Crippen LogP contribution in [0.3, 0.4) is 0 Å². The Morgan fingerprint density at radius 3 is 2.08 bits per heavy atom. The minimum atomic E-state index is -1.87. The summed E-state index contributed by atoms with van der Waals surface area (Å²) in [5, 5.41) is 0. The molecule has 0 amide bonds. The van der Waals surface area contributed by atoms with Gasteiger partial charge in [0.05, 0.1) is 0 Å². The van der Waals surface area contributed by atoms with E-state index in [0.717, 1.165) is 0 Å². The van der Waals surface area contributed by atoms with Gasteiger partial charge in [-0.25, -0.2) is 0 Å². The van der Waals surface area contributed by atoms with Crippen LogP contribution in [0.15, 0.2) is 35.2 Å². The number of hydrogen-bond donors (Lipinski definition) is 0. The molecule has 0 aliphatic heterocycles. The summed E-state index contributed by atoms with van der Waals surface area (Å²) in [6, 6.07) is 10.1. The van der Waals surface area contributed by atoms with Crippen LogP contribution in [-0.4, -0.2) is 3.90 Å². The van der Waals surface area contributed by atoms with Crippen LogP contribution in [0, 0.1) is 14.9 Å². The van der Waals surface area contributed by atoms with Gasteiger partial charge in [0.15, 0.2) is 0 Å². The van der Waals surface area contributed by atoms with Gasteiger partial charge in [-0.3, -0.25) is 0 Å². The predicted molar refractivity (Wildman–Crippen MR) is 62.9 cm³/mol. The Labute approximate surface area is 98.2 Å². The molecule has 78 valence electrons. The molecule has 0 radical (unpaired) electrons. The van der Waals surface area contributed by atoms with Gasteiger partial charge in [-0.2, -0.15) is 0 Å². The number of halogens is 2. The van der Waals surface area contributed by atoms with Crippen LogP contribution < -0.4 is 0 Å². The second-order valence-corrected chi connectivity index (χ2v) is 11.7. The van der Waals surface area contributed by atoms with Gasteiger partial charge in [-0.1, -0.05) is 0 Å². The summed E-state index contributed by atoms with van der Waals surface area (Å²) in [6.45, 7) is 0. The average Bonchev–Trinajstić information content (AvgIpc) is 2.03. The zero-order valence-electron chi connectivity index (χ0n) is 7.48. The van der Waals surface area contributed by atoms with Crippen molar-refractivity contribution in [3.63, 3.8) is 0 Å². The first-order chi connectivity index (χ1) is 5.29. The Kier molecular flexibility index (Phi) is 11.4. The summed E-state index contributed by atoms with van der Waals surface area (Å²) >= 11 is -0.248. The fraction of sp³-hybridized carbons (Fsp3) is 0. The number of thioether (sulfide) groups is 1. The van der Waals surface area contributed by atoms with E-state index in [0.29, 0.717) is 0 Å². The monoisotopic (exact) mass is 414 g/mol. The minimum absolute atomic E-state index is 0. The molecular weight excluding hydrogens is 401 g/mol. The molecule has 0 spiro atoms. The Morgan fingerprint density at radius 2 is 1.62 bits per heavy atom. The predicted octanol–water partition coefficient (Wildman–Crippen LogP) is 4.36. The third-order valence-corrected chi connectivity index (χ3v) is 7.09. The Morgan fingerprint density at radius 1 is 1.08 bits per heavy atom. The van der Waals surface area contributed by atoms with E-state index in [1.807, 2.05) is 34.2 Å². The summed E-state index contributed by atoms with van der Waals surface area (Å²) in [7, 11) is 11.4. The van der Waals surface area contributed by atoms with Gasteiger partial charge in [0.1, 0.15) is 0 Å². The molecule has 0 aromatic heterocycles. The number of benzene rings is 1. The van der Waals surface area contributed by atoms with Gasteiger partial charge in [0.25, 0.3) is 0 Å². The van der Waals surface area contributed by atoms with Gasteiger partial charge >= 0.3 is 83.9 Å². The van der Waals surface area contributed by atoms with Crippen molar-refractivity contribution >= 4 is 34.9 Å². The first kappa shape index (κ1) is 16.1. The summed E-state index contributed by atoms with van der Waals surface area (Å²) in [6.07, 6.45) is 0. The quantitative estimate of drug-likeness (QED) is 0.513. The molecule has 0 nitrogen and oxygen atoms in total. The van der Waals surface area contributed by atoms with Gasteiger partial charge in [0, 0.05) is 0 Å². The third kappa shape index (κ3) is 7.71. The van der Waals surface area contributed by atoms with Crippen LogP contribution in [0.2, 0.25) is 0 Å². The van der Waals surface area contributed by atoms with Crippen molar-refractivity contribution in [3.8, 4) is 0 Å². The van der Waals surface area contributed by atoms with Gasteiger partial charge in [-0.05, 0) is 0 Å². The van der Waals surface area contributed by atoms with Crippen LogP contribution in [0.25, 0.3) is 0 Å². The molecule has 1 rings (SSSR count). The van der Waals surface area contributed by atoms with E-state index in [9.17, 15) is 0 Å². The van der Waals surface area contributed by atoms with Crippen LogP contribution in [0.1, 0.15) is 0 Å². The standard InChI is InChI=1S/C7H6S.2CH3.2ClH.Os/c1-8-7-5-3-2-4-6-7;;;;;/h1-6H;2*1H3;2*1H;/q;2*-1;;;+2/p-2. The third-order valence-electron chi connectivity index (χ3n) is 0.984. The van der Waals surface area contributed by atoms with Crippen molar-refractivity contribution in [2.24, 2.45) is 0 Å². The number of rotatable bonds is 2. The van der Waals surface area contributed by atoms with Crippen LogP contribution in [0.4, 0.5) is 0 Å². The second kappa shape index (κ2) is 9.22. The molecule has 0 unspecified atom stereocenters. The molecule has 0 saturated heterocycles. The first-order valence-electron chi connectivity index (χ1n) is 2.82. The summed E-state index contributed by atoms with van der Waals surface area (Å²) in [5.74, 6) is 0. The first-order valence-corrected chi connectivity index (χ1v) is 11.5. The van der Waals surface area contributed by atoms with Gasteiger partial charge in [-0.15, -0.1) is 0 Å². The fourth-order valence-electron chi connectivity index (χ4n) is 0.579. The Bertz CT molecular complexity index is 245. The van der Waals surface area contributed by atoms with Crippen molar-refractivity contribution in [2.45, 2.75) is 4.90 Å². The maximum absolute atomic E-state index is 5.69. The van der Waals surface area contributed by atoms with E-state index in [1.165, 1.54) is 4.90 Å². The molecule has 1 aromatic rings. The topological polar surface area (TPSA) is 0 Å². The van der Waals surface area contributed by atoms with Crippen molar-refractivity contribution < 1.29 is 13.8 Å². The zero-order chi connectivity index (χ0) is 8.10. The molecule has 0 atom stereocenters. The molecule has 4 heteroatoms. The van der Waals surface area contributed by atoms with Crippen LogP contribution in [-0.2, 0) is 13.8 Å². The van der Waals surface area contributed by atoms with Crippen molar-refractivity contribution in [1.82, 2.24) is 0 Å². The molecule has 0 heterocycles. The summed E-state index contributed by atoms with van der Waals surface area (Å²) < 4.78 is 1.95. The zero-order valence-corrected chi connectivity index (χ0v) is 12.4. The molecule has 0 saturated carbocycles. The molecule has 0 bridgehead atoms. The molecule has 1 aromatic carbocycles. The average molecular weight is 413 g/mol. The molecule has 0 N–H and O–H groups in total. The fourth-order valence-corrected chi connectivity index (χ4v) is 4.32. The molecule has 0 aliphatic carbocycles. The van der Waals surface area contributed by atoms with Gasteiger partial charge in [0.2, 0.25) is 0 Å². The molecule has 13 heavy (non-hydrogen) atoms. The molecule has 0 aliphatic rings. The normalized spacial score (nSPS) is 9.23. The molecular formula is C9H12Cl2OsS-2. The number of hydrogen-bond acceptors (Lipinski definition) is 1. The Balaban J connectivity index is 0. The molecule has 0 fully saturated rings. The SMILES string of the molecule is [CH3-].[CH3-].[Cl][Os]([Cl])=[CH]Sc1ccccc1. The summed E-state index contributed by atoms with van der Waals surface area (Å²) in [5.41, 5.74) is 0. The van der Waals surface area contributed by atoms with E-state index >= 15 is 0 Å². The summed E-state index contributed by atoms with van der Waals surface area (Å²) in [4.78, 5) is 1.20. The van der Waals surface area contributed by atoms with Crippen LogP contribution in [0.5, 0.6) is 0 Å². The van der Waals surface area contributed by atoms with E-state index < -0.39 is 13.8 Å². The van der Waals surface area contributed by atoms with E-state index in [2.05, 4.69) is 0 Å². The van der Waals surface area contributed by atoms with Crippen molar-refractivity contribution in [3.05, 3.63) is 45.2 Å². The Hall–Kier alpha value is 0.656. The van der Waals surface area contributed by atoms with E-state index in [-0.39, 0.29) is 14.9 Å².